The summed E-state index contributed by atoms with van der Waals surface area (Å²) in [6, 6.07) is 6.02. The maximum atomic E-state index is 11.7. The van der Waals surface area contributed by atoms with Crippen LogP contribution in [0.5, 0.6) is 0 Å². The number of carbonyl (C=O) groups excluding carboxylic acids is 1. The number of aryl methyl sites for hydroxylation is 2. The van der Waals surface area contributed by atoms with Gasteiger partial charge in [0, 0.05) is 11.2 Å². The first kappa shape index (κ1) is 16.4. The van der Waals surface area contributed by atoms with E-state index in [1.54, 1.807) is 0 Å². The molecule has 4 nitrogen and oxygen atoms in total. The van der Waals surface area contributed by atoms with Gasteiger partial charge in [0.05, 0.1) is 6.54 Å². The molecule has 0 aromatic heterocycles. The van der Waals surface area contributed by atoms with Gasteiger partial charge in [-0.05, 0) is 70.1 Å². The third kappa shape index (κ3) is 6.02. The van der Waals surface area contributed by atoms with Crippen LogP contribution in [0.3, 0.4) is 0 Å². The van der Waals surface area contributed by atoms with Crippen LogP contribution in [0.2, 0.25) is 0 Å². The minimum absolute atomic E-state index is 0.0817. The molecule has 1 aromatic carbocycles. The minimum Gasteiger partial charge on any atom is -0.353 e. The maximum Gasteiger partial charge on any atom is 0.239 e. The van der Waals surface area contributed by atoms with Gasteiger partial charge < -0.3 is 16.0 Å². The van der Waals surface area contributed by atoms with Crippen LogP contribution >= 0.6 is 12.2 Å². The SMILES string of the molecule is Cc1ccc(NC(=S)NCC(=O)NC(C)(C)C)cc1C. The molecule has 3 N–H and O–H groups in total. The van der Waals surface area contributed by atoms with E-state index >= 15 is 0 Å². The lowest BCUT2D eigenvalue weighted by Crippen LogP contribution is -2.46. The summed E-state index contributed by atoms with van der Waals surface area (Å²) in [7, 11) is 0. The van der Waals surface area contributed by atoms with Gasteiger partial charge in [-0.15, -0.1) is 0 Å². The zero-order valence-electron chi connectivity index (χ0n) is 12.8. The normalized spacial score (nSPS) is 10.8. The Morgan fingerprint density at radius 2 is 1.85 bits per heavy atom. The molecule has 0 fully saturated rings. The average Bonchev–Trinajstić information content (AvgIpc) is 2.29. The molecule has 0 aliphatic carbocycles. The molecule has 5 heteroatoms. The molecular weight excluding hydrogens is 270 g/mol. The van der Waals surface area contributed by atoms with E-state index in [4.69, 9.17) is 12.2 Å². The molecule has 1 rings (SSSR count). The zero-order chi connectivity index (χ0) is 15.3. The zero-order valence-corrected chi connectivity index (χ0v) is 13.6. The van der Waals surface area contributed by atoms with Crippen molar-refractivity contribution in [2.24, 2.45) is 0 Å². The highest BCUT2D eigenvalue weighted by Gasteiger charge is 2.13. The Morgan fingerprint density at radius 1 is 1.20 bits per heavy atom. The lowest BCUT2D eigenvalue weighted by atomic mass is 10.1. The van der Waals surface area contributed by atoms with Crippen LogP contribution in [-0.4, -0.2) is 23.1 Å². The van der Waals surface area contributed by atoms with Crippen molar-refractivity contribution >= 4 is 28.9 Å². The molecule has 1 aromatic rings. The van der Waals surface area contributed by atoms with Crippen LogP contribution in [-0.2, 0) is 4.79 Å². The molecule has 110 valence electrons. The van der Waals surface area contributed by atoms with Gasteiger partial charge in [-0.25, -0.2) is 0 Å². The van der Waals surface area contributed by atoms with E-state index in [0.717, 1.165) is 5.69 Å². The number of nitrogens with one attached hydrogen (secondary N) is 3. The van der Waals surface area contributed by atoms with Crippen molar-refractivity contribution in [2.45, 2.75) is 40.2 Å². The minimum atomic E-state index is -0.234. The maximum absolute atomic E-state index is 11.7. The van der Waals surface area contributed by atoms with Crippen molar-refractivity contribution in [1.82, 2.24) is 10.6 Å². The first-order chi connectivity index (χ1) is 9.17. The van der Waals surface area contributed by atoms with Crippen molar-refractivity contribution in [3.8, 4) is 0 Å². The Morgan fingerprint density at radius 3 is 2.40 bits per heavy atom. The second-order valence-corrected chi connectivity index (χ2v) is 6.31. The third-order valence-corrected chi connectivity index (χ3v) is 2.94. The molecule has 0 spiro atoms. The standard InChI is InChI=1S/C15H23N3OS/c1-10-6-7-12(8-11(10)2)17-14(20)16-9-13(19)18-15(3,4)5/h6-8H,9H2,1-5H3,(H,18,19)(H2,16,17,20). The second-order valence-electron chi connectivity index (χ2n) is 5.90. The first-order valence-corrected chi connectivity index (χ1v) is 7.01. The highest BCUT2D eigenvalue weighted by Crippen LogP contribution is 2.13. The summed E-state index contributed by atoms with van der Waals surface area (Å²) in [5.41, 5.74) is 3.12. The van der Waals surface area contributed by atoms with Crippen LogP contribution in [0, 0.1) is 13.8 Å². The summed E-state index contributed by atoms with van der Waals surface area (Å²) in [5, 5.41) is 9.27. The fourth-order valence-corrected chi connectivity index (χ4v) is 1.81. The molecule has 20 heavy (non-hydrogen) atoms. The molecule has 0 unspecified atom stereocenters. The summed E-state index contributed by atoms with van der Waals surface area (Å²) in [6.07, 6.45) is 0. The Balaban J connectivity index is 2.44. The van der Waals surface area contributed by atoms with Crippen molar-refractivity contribution in [2.75, 3.05) is 11.9 Å². The fourth-order valence-electron chi connectivity index (χ4n) is 1.62. The smallest absolute Gasteiger partial charge is 0.239 e. The van der Waals surface area contributed by atoms with Crippen molar-refractivity contribution < 1.29 is 4.79 Å². The van der Waals surface area contributed by atoms with Crippen molar-refractivity contribution in [1.29, 1.82) is 0 Å². The van der Waals surface area contributed by atoms with Crippen LogP contribution in [0.25, 0.3) is 0 Å². The van der Waals surface area contributed by atoms with Gasteiger partial charge in [0.1, 0.15) is 0 Å². The number of rotatable bonds is 3. The number of carbonyl (C=O) groups is 1. The Labute approximate surface area is 126 Å². The first-order valence-electron chi connectivity index (χ1n) is 6.60. The molecule has 0 heterocycles. The molecule has 0 radical (unpaired) electrons. The van der Waals surface area contributed by atoms with Crippen molar-refractivity contribution in [3.63, 3.8) is 0 Å². The lowest BCUT2D eigenvalue weighted by molar-refractivity contribution is -0.121. The molecule has 0 bridgehead atoms. The van der Waals surface area contributed by atoms with E-state index in [-0.39, 0.29) is 18.0 Å². The Kier molecular flexibility index (Phi) is 5.51. The third-order valence-electron chi connectivity index (χ3n) is 2.69. The van der Waals surface area contributed by atoms with Crippen molar-refractivity contribution in [3.05, 3.63) is 29.3 Å². The highest BCUT2D eigenvalue weighted by molar-refractivity contribution is 7.80. The summed E-state index contributed by atoms with van der Waals surface area (Å²) in [4.78, 5) is 11.7. The van der Waals surface area contributed by atoms with E-state index in [0.29, 0.717) is 5.11 Å². The number of hydrogen-bond donors (Lipinski definition) is 3. The molecule has 1 amide bonds. The van der Waals surface area contributed by atoms with Gasteiger partial charge in [0.25, 0.3) is 0 Å². The summed E-state index contributed by atoms with van der Waals surface area (Å²) >= 11 is 5.17. The van der Waals surface area contributed by atoms with E-state index in [1.165, 1.54) is 11.1 Å². The van der Waals surface area contributed by atoms with Gasteiger partial charge >= 0.3 is 0 Å². The van der Waals surface area contributed by atoms with Gasteiger partial charge in [-0.3, -0.25) is 4.79 Å². The highest BCUT2D eigenvalue weighted by atomic mass is 32.1. The largest absolute Gasteiger partial charge is 0.353 e. The summed E-state index contributed by atoms with van der Waals surface area (Å²) in [5.74, 6) is -0.0817. The van der Waals surface area contributed by atoms with Crippen LogP contribution in [0.1, 0.15) is 31.9 Å². The predicted octanol–water partition coefficient (Wildman–Crippen LogP) is 2.50. The second kappa shape index (κ2) is 6.70. The number of amides is 1. The Hall–Kier alpha value is -1.62. The van der Waals surface area contributed by atoms with Gasteiger partial charge in [0.2, 0.25) is 5.91 Å². The lowest BCUT2D eigenvalue weighted by Gasteiger charge is -2.21. The van der Waals surface area contributed by atoms with E-state index in [9.17, 15) is 4.79 Å². The molecule has 0 atom stereocenters. The van der Waals surface area contributed by atoms with E-state index < -0.39 is 0 Å². The number of anilines is 1. The molecule has 0 aliphatic heterocycles. The number of thiocarbonyl (C=S) groups is 1. The molecule has 0 saturated carbocycles. The van der Waals surface area contributed by atoms with Gasteiger partial charge in [-0.2, -0.15) is 0 Å². The van der Waals surface area contributed by atoms with E-state index in [2.05, 4.69) is 22.9 Å². The number of hydrogen-bond acceptors (Lipinski definition) is 2. The van der Waals surface area contributed by atoms with E-state index in [1.807, 2.05) is 45.9 Å². The van der Waals surface area contributed by atoms with Gasteiger partial charge in [-0.1, -0.05) is 6.07 Å². The Bertz CT molecular complexity index is 506. The number of benzene rings is 1. The van der Waals surface area contributed by atoms with Crippen LogP contribution in [0.4, 0.5) is 5.69 Å². The average molecular weight is 293 g/mol. The molecule has 0 aliphatic rings. The summed E-state index contributed by atoms with van der Waals surface area (Å²) in [6.45, 7) is 10.1. The fraction of sp³-hybridized carbons (Fsp3) is 0.467. The topological polar surface area (TPSA) is 53.2 Å². The monoisotopic (exact) mass is 293 g/mol. The molecular formula is C15H23N3OS. The molecule has 0 saturated heterocycles. The van der Waals surface area contributed by atoms with Crippen LogP contribution < -0.4 is 16.0 Å². The quantitative estimate of drug-likeness (QED) is 0.750. The summed E-state index contributed by atoms with van der Waals surface area (Å²) < 4.78 is 0. The predicted molar refractivity (Wildman–Crippen MR) is 88.0 cm³/mol. The van der Waals surface area contributed by atoms with Crippen LogP contribution in [0.15, 0.2) is 18.2 Å². The van der Waals surface area contributed by atoms with Gasteiger partial charge in [0.15, 0.2) is 5.11 Å².